The van der Waals surface area contributed by atoms with E-state index in [0.29, 0.717) is 11.5 Å². The van der Waals surface area contributed by atoms with Crippen LogP contribution in [0.15, 0.2) is 52.8 Å². The number of nitrogens with zero attached hydrogens (tertiary/aromatic N) is 5. The summed E-state index contributed by atoms with van der Waals surface area (Å²) in [6.07, 6.45) is 1.80. The Morgan fingerprint density at radius 1 is 1.09 bits per heavy atom. The average Bonchev–Trinajstić information content (AvgIpc) is 2.83. The molecule has 0 atom stereocenters. The first-order valence-corrected chi connectivity index (χ1v) is 6.92. The summed E-state index contributed by atoms with van der Waals surface area (Å²) in [4.78, 5) is 6.34. The molecule has 0 unspecified atom stereocenters. The fraction of sp³-hybridized carbons (Fsp3) is 0.188. The molecule has 1 N–H and O–H groups in total. The van der Waals surface area contributed by atoms with E-state index in [1.54, 1.807) is 22.7 Å². The van der Waals surface area contributed by atoms with Gasteiger partial charge in [0.15, 0.2) is 17.2 Å². The van der Waals surface area contributed by atoms with Crippen LogP contribution >= 0.6 is 0 Å². The second kappa shape index (κ2) is 5.48. The summed E-state index contributed by atoms with van der Waals surface area (Å²) in [6.45, 7) is 1.84. The largest absolute Gasteiger partial charge is 0.504 e. The summed E-state index contributed by atoms with van der Waals surface area (Å²) >= 11 is 0. The molecule has 0 saturated heterocycles. The Kier molecular flexibility index (Phi) is 3.50. The van der Waals surface area contributed by atoms with Gasteiger partial charge in [0.2, 0.25) is 0 Å². The Balaban J connectivity index is 1.95. The molecule has 1 aromatic carbocycles. The van der Waals surface area contributed by atoms with Crippen LogP contribution in [0.1, 0.15) is 5.69 Å². The normalized spacial score (nSPS) is 11.4. The van der Waals surface area contributed by atoms with E-state index < -0.39 is 0 Å². The lowest BCUT2D eigenvalue weighted by Gasteiger charge is -2.11. The number of fused-ring (bicyclic) bond motifs is 1. The number of imidazole rings is 1. The van der Waals surface area contributed by atoms with Crippen molar-refractivity contribution in [2.24, 2.45) is 10.2 Å². The molecule has 3 rings (SSSR count). The second-order valence-corrected chi connectivity index (χ2v) is 5.22. The maximum atomic E-state index is 9.82. The highest BCUT2D eigenvalue weighted by molar-refractivity contribution is 5.60. The highest BCUT2D eigenvalue weighted by Gasteiger charge is 2.10. The molecule has 0 amide bonds. The molecule has 0 aliphatic rings. The van der Waals surface area contributed by atoms with Crippen LogP contribution in [0.5, 0.6) is 5.75 Å². The number of azo groups is 1. The fourth-order valence-electron chi connectivity index (χ4n) is 2.20. The molecule has 112 valence electrons. The van der Waals surface area contributed by atoms with Gasteiger partial charge in [0.25, 0.3) is 0 Å². The number of hydrogen-bond donors (Lipinski definition) is 1. The molecular formula is C16H17N5O. The second-order valence-electron chi connectivity index (χ2n) is 5.22. The summed E-state index contributed by atoms with van der Waals surface area (Å²) in [5.74, 6) is 0.741. The standard InChI is InChI=1S/C16H17N5O/c1-11-15(21-10-4-5-14(22)16(21)17-11)19-18-12-6-8-13(9-7-12)20(2)3/h4-10,22H,1-3H3. The zero-order chi connectivity index (χ0) is 15.7. The van der Waals surface area contributed by atoms with Crippen molar-refractivity contribution in [3.63, 3.8) is 0 Å². The number of aromatic nitrogens is 2. The van der Waals surface area contributed by atoms with Crippen LogP contribution in [0.2, 0.25) is 0 Å². The molecular weight excluding hydrogens is 278 g/mol. The Hall–Kier alpha value is -2.89. The van der Waals surface area contributed by atoms with Crippen molar-refractivity contribution < 1.29 is 5.11 Å². The van der Waals surface area contributed by atoms with Crippen LogP contribution in [0.25, 0.3) is 5.65 Å². The third kappa shape index (κ3) is 2.50. The number of aromatic hydroxyl groups is 1. The smallest absolute Gasteiger partial charge is 0.182 e. The molecule has 22 heavy (non-hydrogen) atoms. The van der Waals surface area contributed by atoms with E-state index in [4.69, 9.17) is 0 Å². The molecule has 0 fully saturated rings. The molecule has 6 nitrogen and oxygen atoms in total. The predicted octanol–water partition coefficient (Wildman–Crippen LogP) is 3.83. The van der Waals surface area contributed by atoms with Crippen molar-refractivity contribution in [2.45, 2.75) is 6.92 Å². The number of aryl methyl sites for hydroxylation is 1. The third-order valence-corrected chi connectivity index (χ3v) is 3.40. The molecule has 0 radical (unpaired) electrons. The predicted molar refractivity (Wildman–Crippen MR) is 86.5 cm³/mol. The zero-order valence-electron chi connectivity index (χ0n) is 12.7. The average molecular weight is 295 g/mol. The number of anilines is 1. The van der Waals surface area contributed by atoms with Crippen LogP contribution in [-0.4, -0.2) is 28.6 Å². The van der Waals surface area contributed by atoms with Gasteiger partial charge in [0.1, 0.15) is 0 Å². The van der Waals surface area contributed by atoms with E-state index in [-0.39, 0.29) is 5.75 Å². The lowest BCUT2D eigenvalue weighted by Crippen LogP contribution is -2.07. The summed E-state index contributed by atoms with van der Waals surface area (Å²) in [5, 5.41) is 18.4. The van der Waals surface area contributed by atoms with Crippen LogP contribution in [0, 0.1) is 6.92 Å². The fourth-order valence-corrected chi connectivity index (χ4v) is 2.20. The van der Waals surface area contributed by atoms with Crippen molar-refractivity contribution in [1.29, 1.82) is 0 Å². The van der Waals surface area contributed by atoms with Gasteiger partial charge in [-0.2, -0.15) is 0 Å². The number of pyridine rings is 1. The van der Waals surface area contributed by atoms with Gasteiger partial charge in [-0.3, -0.25) is 4.40 Å². The van der Waals surface area contributed by atoms with Crippen LogP contribution in [-0.2, 0) is 0 Å². The van der Waals surface area contributed by atoms with Crippen molar-refractivity contribution in [3.8, 4) is 5.75 Å². The van der Waals surface area contributed by atoms with Gasteiger partial charge >= 0.3 is 0 Å². The lowest BCUT2D eigenvalue weighted by molar-refractivity contribution is 0.477. The lowest BCUT2D eigenvalue weighted by atomic mass is 10.3. The monoisotopic (exact) mass is 295 g/mol. The van der Waals surface area contributed by atoms with Gasteiger partial charge in [0.05, 0.1) is 11.4 Å². The van der Waals surface area contributed by atoms with Gasteiger partial charge in [-0.15, -0.1) is 10.2 Å². The summed E-state index contributed by atoms with van der Waals surface area (Å²) in [7, 11) is 3.98. The molecule has 0 aliphatic carbocycles. The van der Waals surface area contributed by atoms with E-state index in [1.807, 2.05) is 50.2 Å². The first kappa shape index (κ1) is 14.1. The molecule has 0 saturated carbocycles. The van der Waals surface area contributed by atoms with Crippen LogP contribution in [0.3, 0.4) is 0 Å². The number of rotatable bonds is 3. The van der Waals surface area contributed by atoms with E-state index in [1.165, 1.54) is 0 Å². The molecule has 6 heteroatoms. The van der Waals surface area contributed by atoms with Crippen LogP contribution in [0.4, 0.5) is 17.2 Å². The Morgan fingerprint density at radius 3 is 2.50 bits per heavy atom. The topological polar surface area (TPSA) is 65.5 Å². The van der Waals surface area contributed by atoms with Gasteiger partial charge in [-0.05, 0) is 43.3 Å². The molecule has 0 spiro atoms. The Bertz CT molecular complexity index is 834. The van der Waals surface area contributed by atoms with Crippen molar-refractivity contribution in [3.05, 3.63) is 48.3 Å². The van der Waals surface area contributed by atoms with E-state index in [0.717, 1.165) is 17.1 Å². The first-order chi connectivity index (χ1) is 10.6. The van der Waals surface area contributed by atoms with Crippen molar-refractivity contribution >= 4 is 22.8 Å². The van der Waals surface area contributed by atoms with E-state index in [2.05, 4.69) is 15.2 Å². The minimum absolute atomic E-state index is 0.127. The third-order valence-electron chi connectivity index (χ3n) is 3.40. The maximum absolute atomic E-state index is 9.82. The molecule has 0 aliphatic heterocycles. The number of benzene rings is 1. The van der Waals surface area contributed by atoms with Crippen molar-refractivity contribution in [2.75, 3.05) is 19.0 Å². The maximum Gasteiger partial charge on any atom is 0.182 e. The van der Waals surface area contributed by atoms with Gasteiger partial charge < -0.3 is 10.0 Å². The molecule has 2 heterocycles. The van der Waals surface area contributed by atoms with E-state index >= 15 is 0 Å². The van der Waals surface area contributed by atoms with Crippen LogP contribution < -0.4 is 4.90 Å². The van der Waals surface area contributed by atoms with Gasteiger partial charge in [-0.25, -0.2) is 4.98 Å². The van der Waals surface area contributed by atoms with Crippen molar-refractivity contribution in [1.82, 2.24) is 9.38 Å². The highest BCUT2D eigenvalue weighted by Crippen LogP contribution is 2.27. The summed E-state index contributed by atoms with van der Waals surface area (Å²) < 4.78 is 1.72. The highest BCUT2D eigenvalue weighted by atomic mass is 16.3. The first-order valence-electron chi connectivity index (χ1n) is 6.92. The molecule has 0 bridgehead atoms. The zero-order valence-corrected chi connectivity index (χ0v) is 12.7. The molecule has 2 aromatic heterocycles. The SMILES string of the molecule is Cc1nc2c(O)cccn2c1N=Nc1ccc(N(C)C)cc1. The Morgan fingerprint density at radius 2 is 1.82 bits per heavy atom. The number of hydrogen-bond acceptors (Lipinski definition) is 5. The quantitative estimate of drug-likeness (QED) is 0.747. The minimum atomic E-state index is 0.127. The summed E-state index contributed by atoms with van der Waals surface area (Å²) in [6, 6.07) is 11.1. The minimum Gasteiger partial charge on any atom is -0.504 e. The molecule has 3 aromatic rings. The van der Waals surface area contributed by atoms with E-state index in [9.17, 15) is 5.11 Å². The van der Waals surface area contributed by atoms with Gasteiger partial charge in [-0.1, -0.05) is 0 Å². The van der Waals surface area contributed by atoms with Gasteiger partial charge in [0, 0.05) is 26.0 Å². The Labute approximate surface area is 128 Å². The summed E-state index contributed by atoms with van der Waals surface area (Å²) in [5.41, 5.74) is 3.07.